The van der Waals surface area contributed by atoms with Crippen molar-refractivity contribution in [1.82, 2.24) is 3.89 Å². The summed E-state index contributed by atoms with van der Waals surface area (Å²) in [6.07, 6.45) is 0.338. The van der Waals surface area contributed by atoms with Crippen LogP contribution in [0.25, 0.3) is 0 Å². The van der Waals surface area contributed by atoms with Gasteiger partial charge in [-0.15, -0.1) is 3.89 Å². The van der Waals surface area contributed by atoms with Gasteiger partial charge in [0.05, 0.1) is 14.2 Å². The number of methoxy groups -OCH3 is 1. The molecule has 1 N–H and O–H groups in total. The first-order valence-electron chi connectivity index (χ1n) is 5.66. The zero-order chi connectivity index (χ0) is 15.2. The third-order valence-corrected chi connectivity index (χ3v) is 3.50. The van der Waals surface area contributed by atoms with Crippen LogP contribution in [-0.4, -0.2) is 37.3 Å². The van der Waals surface area contributed by atoms with Crippen molar-refractivity contribution in [2.24, 2.45) is 0 Å². The standard InChI is InChI=1S/C13H15NO5S/c1-4-9-19-11-8-6-5-7-10(11)14(2,12(15)16)20-13(17)18-3/h4-8H,1,9H2,2-3H3/p+1. The smallest absolute Gasteiger partial charge is 0.483 e. The number of quaternary nitrogens is 1. The van der Waals surface area contributed by atoms with Crippen molar-refractivity contribution in [2.45, 2.75) is 0 Å². The SMILES string of the molecule is C=CCOc1ccccc1[N+](C)(SC(=O)OC)C(=O)O. The number of carbonyl (C=O) groups excluding carboxylic acids is 1. The first-order chi connectivity index (χ1) is 9.45. The normalized spacial score (nSPS) is 13.1. The first kappa shape index (κ1) is 16.1. The Balaban J connectivity index is 3.23. The number of rotatable bonds is 4. The Morgan fingerprint density at radius 1 is 1.45 bits per heavy atom. The molecule has 0 aromatic heterocycles. The number of hydrogen-bond donors (Lipinski definition) is 1. The van der Waals surface area contributed by atoms with E-state index in [1.54, 1.807) is 30.3 Å². The highest BCUT2D eigenvalue weighted by molar-refractivity contribution is 8.13. The second-order valence-electron chi connectivity index (χ2n) is 3.82. The highest BCUT2D eigenvalue weighted by Crippen LogP contribution is 2.39. The number of para-hydroxylation sites is 2. The van der Waals surface area contributed by atoms with Gasteiger partial charge in [0.15, 0.2) is 11.4 Å². The van der Waals surface area contributed by atoms with Crippen molar-refractivity contribution in [3.8, 4) is 5.75 Å². The molecule has 0 aliphatic rings. The number of carboxylic acid groups (broad SMARTS) is 1. The summed E-state index contributed by atoms with van der Waals surface area (Å²) in [4.78, 5) is 23.0. The summed E-state index contributed by atoms with van der Waals surface area (Å²) in [5.74, 6) is 0.369. The molecule has 0 saturated heterocycles. The highest BCUT2D eigenvalue weighted by atomic mass is 32.2. The molecule has 0 radical (unpaired) electrons. The third-order valence-electron chi connectivity index (χ3n) is 2.47. The molecule has 0 aliphatic carbocycles. The summed E-state index contributed by atoms with van der Waals surface area (Å²) >= 11 is 0.527. The van der Waals surface area contributed by atoms with E-state index in [0.717, 1.165) is 0 Å². The Morgan fingerprint density at radius 2 is 2.10 bits per heavy atom. The summed E-state index contributed by atoms with van der Waals surface area (Å²) in [6, 6.07) is 6.61. The van der Waals surface area contributed by atoms with Gasteiger partial charge in [-0.3, -0.25) is 0 Å². The number of benzene rings is 1. The zero-order valence-electron chi connectivity index (χ0n) is 11.2. The van der Waals surface area contributed by atoms with Gasteiger partial charge in [0.2, 0.25) is 11.9 Å². The highest BCUT2D eigenvalue weighted by Gasteiger charge is 2.43. The summed E-state index contributed by atoms with van der Waals surface area (Å²) in [5, 5.41) is 8.75. The van der Waals surface area contributed by atoms with E-state index in [4.69, 9.17) is 4.74 Å². The summed E-state index contributed by atoms with van der Waals surface area (Å²) < 4.78 is 9.23. The Morgan fingerprint density at radius 3 is 2.65 bits per heavy atom. The molecular weight excluding hydrogens is 282 g/mol. The van der Waals surface area contributed by atoms with E-state index in [1.165, 1.54) is 14.2 Å². The number of ether oxygens (including phenoxy) is 2. The molecule has 0 heterocycles. The van der Waals surface area contributed by atoms with E-state index < -0.39 is 15.3 Å². The molecule has 20 heavy (non-hydrogen) atoms. The van der Waals surface area contributed by atoms with Crippen LogP contribution in [0, 0.1) is 0 Å². The topological polar surface area (TPSA) is 72.8 Å². The molecule has 1 aromatic carbocycles. The average molecular weight is 298 g/mol. The number of hydrogen-bond acceptors (Lipinski definition) is 5. The minimum Gasteiger partial charge on any atom is -0.483 e. The van der Waals surface area contributed by atoms with E-state index in [9.17, 15) is 14.7 Å². The molecular formula is C13H16NO5S+. The van der Waals surface area contributed by atoms with Gasteiger partial charge in [-0.25, -0.2) is 4.79 Å². The average Bonchev–Trinajstić information content (AvgIpc) is 2.44. The predicted octanol–water partition coefficient (Wildman–Crippen LogP) is 3.28. The molecule has 1 unspecified atom stereocenters. The molecule has 108 valence electrons. The second-order valence-corrected chi connectivity index (χ2v) is 5.07. The van der Waals surface area contributed by atoms with E-state index in [1.807, 2.05) is 0 Å². The lowest BCUT2D eigenvalue weighted by Gasteiger charge is -2.24. The first-order valence-corrected chi connectivity index (χ1v) is 6.44. The lowest BCUT2D eigenvalue weighted by atomic mass is 10.3. The number of amides is 1. The quantitative estimate of drug-likeness (QED) is 0.398. The van der Waals surface area contributed by atoms with Crippen molar-refractivity contribution in [2.75, 3.05) is 20.8 Å². The van der Waals surface area contributed by atoms with Crippen molar-refractivity contribution in [1.29, 1.82) is 0 Å². The van der Waals surface area contributed by atoms with E-state index in [2.05, 4.69) is 11.3 Å². The Bertz CT molecular complexity index is 519. The molecule has 0 aliphatic heterocycles. The van der Waals surface area contributed by atoms with Crippen LogP contribution in [0.5, 0.6) is 5.75 Å². The second kappa shape index (κ2) is 6.97. The van der Waals surface area contributed by atoms with Gasteiger partial charge in [-0.2, -0.15) is 4.79 Å². The lowest BCUT2D eigenvalue weighted by molar-refractivity contribution is 0.177. The van der Waals surface area contributed by atoms with Crippen LogP contribution in [0.15, 0.2) is 36.9 Å². The molecule has 1 amide bonds. The molecule has 6 nitrogen and oxygen atoms in total. The van der Waals surface area contributed by atoms with E-state index >= 15 is 0 Å². The maximum Gasteiger partial charge on any atom is 0.531 e. The molecule has 1 rings (SSSR count). The van der Waals surface area contributed by atoms with Crippen molar-refractivity contribution in [3.63, 3.8) is 0 Å². The minimum atomic E-state index is -1.21. The predicted molar refractivity (Wildman–Crippen MR) is 77.9 cm³/mol. The van der Waals surface area contributed by atoms with Crippen LogP contribution >= 0.6 is 11.9 Å². The van der Waals surface area contributed by atoms with Gasteiger partial charge < -0.3 is 14.6 Å². The zero-order valence-corrected chi connectivity index (χ0v) is 12.1. The van der Waals surface area contributed by atoms with Gasteiger partial charge in [0.1, 0.15) is 6.61 Å². The largest absolute Gasteiger partial charge is 0.531 e. The van der Waals surface area contributed by atoms with Gasteiger partial charge >= 0.3 is 11.4 Å². The molecule has 1 aromatic rings. The van der Waals surface area contributed by atoms with Gasteiger partial charge in [-0.1, -0.05) is 24.8 Å². The molecule has 1 atom stereocenters. The van der Waals surface area contributed by atoms with Gasteiger partial charge in [0, 0.05) is 6.07 Å². The van der Waals surface area contributed by atoms with Crippen molar-refractivity contribution in [3.05, 3.63) is 36.9 Å². The van der Waals surface area contributed by atoms with Crippen LogP contribution in [0.4, 0.5) is 15.3 Å². The molecule has 0 spiro atoms. The monoisotopic (exact) mass is 298 g/mol. The summed E-state index contributed by atoms with van der Waals surface area (Å²) in [7, 11) is 2.57. The van der Waals surface area contributed by atoms with Gasteiger partial charge in [0.25, 0.3) is 0 Å². The third kappa shape index (κ3) is 3.52. The van der Waals surface area contributed by atoms with Crippen molar-refractivity contribution >= 4 is 29.0 Å². The van der Waals surface area contributed by atoms with Crippen LogP contribution < -0.4 is 8.63 Å². The van der Waals surface area contributed by atoms with Crippen LogP contribution in [-0.2, 0) is 4.74 Å². The fraction of sp³-hybridized carbons (Fsp3) is 0.231. The number of carbonyl (C=O) groups is 2. The molecule has 0 fully saturated rings. The Hall–Kier alpha value is -1.99. The maximum atomic E-state index is 11.6. The van der Waals surface area contributed by atoms with Crippen LogP contribution in [0.1, 0.15) is 0 Å². The Kier molecular flexibility index (Phi) is 5.60. The maximum absolute atomic E-state index is 11.6. The lowest BCUT2D eigenvalue weighted by Crippen LogP contribution is -2.44. The fourth-order valence-electron chi connectivity index (χ4n) is 1.46. The Labute approximate surface area is 121 Å². The van der Waals surface area contributed by atoms with Gasteiger partial charge in [-0.05, 0) is 6.07 Å². The molecule has 0 saturated carbocycles. The molecule has 7 heteroatoms. The van der Waals surface area contributed by atoms with Crippen molar-refractivity contribution < 1.29 is 24.2 Å². The summed E-state index contributed by atoms with van der Waals surface area (Å²) in [5.41, 5.74) is 0.331. The molecule has 0 bridgehead atoms. The minimum absolute atomic E-state index is 0.236. The van der Waals surface area contributed by atoms with E-state index in [0.29, 0.717) is 23.4 Å². The van der Waals surface area contributed by atoms with Crippen LogP contribution in [0.3, 0.4) is 0 Å². The summed E-state index contributed by atoms with van der Waals surface area (Å²) in [6.45, 7) is 3.77. The van der Waals surface area contributed by atoms with E-state index in [-0.39, 0.29) is 6.61 Å². The fourth-order valence-corrected chi connectivity index (χ4v) is 2.16. The van der Waals surface area contributed by atoms with Crippen LogP contribution in [0.2, 0.25) is 0 Å². The number of nitrogens with zero attached hydrogens (tertiary/aromatic N) is 1.